The number of rotatable bonds is 7. The van der Waals surface area contributed by atoms with Gasteiger partial charge in [-0.3, -0.25) is 9.36 Å². The molecule has 0 saturated carbocycles. The lowest BCUT2D eigenvalue weighted by Crippen LogP contribution is -2.29. The normalized spacial score (nSPS) is 11.7. The highest BCUT2D eigenvalue weighted by Crippen LogP contribution is 2.31. The second kappa shape index (κ2) is 10.3. The summed E-state index contributed by atoms with van der Waals surface area (Å²) >= 11 is 0. The van der Waals surface area contributed by atoms with Crippen LogP contribution >= 0.6 is 0 Å². The van der Waals surface area contributed by atoms with Gasteiger partial charge in [0.1, 0.15) is 17.2 Å². The molecule has 5 aromatic rings. The number of halogens is 3. The number of hydrogen-bond donors (Lipinski definition) is 2. The van der Waals surface area contributed by atoms with E-state index in [0.29, 0.717) is 33.9 Å². The second-order valence-electron chi connectivity index (χ2n) is 9.24. The van der Waals surface area contributed by atoms with E-state index in [0.717, 1.165) is 11.8 Å². The van der Waals surface area contributed by atoms with Crippen molar-refractivity contribution in [3.05, 3.63) is 76.7 Å². The summed E-state index contributed by atoms with van der Waals surface area (Å²) in [6.07, 6.45) is -0.520. The van der Waals surface area contributed by atoms with E-state index in [4.69, 9.17) is 0 Å². The van der Waals surface area contributed by atoms with Crippen molar-refractivity contribution < 1.29 is 18.0 Å². The van der Waals surface area contributed by atoms with Gasteiger partial charge in [-0.25, -0.2) is 24.7 Å². The number of benzene rings is 1. The van der Waals surface area contributed by atoms with Crippen LogP contribution in [0.3, 0.4) is 0 Å². The molecule has 1 amide bonds. The lowest BCUT2D eigenvalue weighted by molar-refractivity contribution is -0.140. The largest absolute Gasteiger partial charge is 0.434 e. The summed E-state index contributed by atoms with van der Waals surface area (Å²) in [5.74, 6) is 0.759. The van der Waals surface area contributed by atoms with E-state index < -0.39 is 17.6 Å². The van der Waals surface area contributed by atoms with Gasteiger partial charge in [-0.15, -0.1) is 0 Å². The van der Waals surface area contributed by atoms with E-state index in [1.807, 2.05) is 0 Å². The summed E-state index contributed by atoms with van der Waals surface area (Å²) in [7, 11) is 4.81. The number of amides is 1. The number of H-pyrrole nitrogens is 1. The predicted octanol–water partition coefficient (Wildman–Crippen LogP) is 3.15. The Bertz CT molecular complexity index is 1750. The lowest BCUT2D eigenvalue weighted by Gasteiger charge is -2.13. The molecule has 0 aliphatic carbocycles. The molecule has 0 unspecified atom stereocenters. The van der Waals surface area contributed by atoms with Gasteiger partial charge in [-0.2, -0.15) is 13.2 Å². The van der Waals surface area contributed by atoms with Crippen LogP contribution in [0.15, 0.2) is 59.8 Å². The Balaban J connectivity index is 1.43. The standard InChI is InChI=1S/C26H24F3N9O2/c1-36(2)20(39)12-32-21-17(5-4-10-30-21)22-31-11-18-24(35-22)38(25(40)33-18)13-15-6-8-16(9-7-15)23-34-19(14-37(23)3)26(27,28)29/h4-11,14H,12-13H2,1-3H3,(H,30,32)(H,33,40). The minimum atomic E-state index is -4.54. The number of anilines is 1. The van der Waals surface area contributed by atoms with Crippen molar-refractivity contribution in [2.75, 3.05) is 26.0 Å². The third kappa shape index (κ3) is 5.28. The third-order valence-electron chi connectivity index (χ3n) is 6.19. The maximum atomic E-state index is 13.1. The molecule has 0 atom stereocenters. The van der Waals surface area contributed by atoms with Gasteiger partial charge in [0.15, 0.2) is 17.2 Å². The van der Waals surface area contributed by atoms with E-state index >= 15 is 0 Å². The van der Waals surface area contributed by atoms with Crippen LogP contribution in [-0.2, 0) is 24.6 Å². The van der Waals surface area contributed by atoms with Crippen LogP contribution in [0.25, 0.3) is 33.9 Å². The summed E-state index contributed by atoms with van der Waals surface area (Å²) in [5.41, 5.74) is 1.20. The van der Waals surface area contributed by atoms with Gasteiger partial charge in [-0.05, 0) is 17.7 Å². The minimum absolute atomic E-state index is 0.0277. The molecule has 5 rings (SSSR count). The molecule has 14 heteroatoms. The zero-order chi connectivity index (χ0) is 28.6. The number of aromatic amines is 1. The van der Waals surface area contributed by atoms with Gasteiger partial charge in [-0.1, -0.05) is 24.3 Å². The molecule has 0 bridgehead atoms. The first kappa shape index (κ1) is 26.6. The molecular formula is C26H24F3N9O2. The van der Waals surface area contributed by atoms with E-state index in [-0.39, 0.29) is 24.8 Å². The second-order valence-corrected chi connectivity index (χ2v) is 9.24. The first-order chi connectivity index (χ1) is 19.0. The van der Waals surface area contributed by atoms with E-state index in [9.17, 15) is 22.8 Å². The monoisotopic (exact) mass is 551 g/mol. The number of likely N-dealkylation sites (N-methyl/N-ethyl adjacent to an activating group) is 1. The smallest absolute Gasteiger partial charge is 0.360 e. The maximum absolute atomic E-state index is 13.1. The number of carbonyl (C=O) groups excluding carboxylic acids is 1. The molecular weight excluding hydrogens is 527 g/mol. The van der Waals surface area contributed by atoms with E-state index in [1.54, 1.807) is 56.7 Å². The fraction of sp³-hybridized carbons (Fsp3) is 0.231. The number of pyridine rings is 1. The van der Waals surface area contributed by atoms with Crippen molar-refractivity contribution in [1.29, 1.82) is 0 Å². The Morgan fingerprint density at radius 3 is 2.52 bits per heavy atom. The molecule has 40 heavy (non-hydrogen) atoms. The van der Waals surface area contributed by atoms with Crippen LogP contribution in [0, 0.1) is 0 Å². The summed E-state index contributed by atoms with van der Waals surface area (Å²) in [4.78, 5) is 46.0. The van der Waals surface area contributed by atoms with Crippen molar-refractivity contribution >= 4 is 22.9 Å². The first-order valence-electron chi connectivity index (χ1n) is 12.1. The lowest BCUT2D eigenvalue weighted by atomic mass is 10.1. The van der Waals surface area contributed by atoms with Gasteiger partial charge in [0.2, 0.25) is 5.91 Å². The molecule has 2 N–H and O–H groups in total. The topological polar surface area (TPSA) is 127 Å². The molecule has 4 heterocycles. The number of aromatic nitrogens is 7. The molecule has 1 aromatic carbocycles. The molecule has 0 fully saturated rings. The minimum Gasteiger partial charge on any atom is -0.360 e. The fourth-order valence-corrected chi connectivity index (χ4v) is 4.08. The highest BCUT2D eigenvalue weighted by molar-refractivity contribution is 5.82. The Labute approximate surface area is 225 Å². The Hall–Kier alpha value is -5.01. The van der Waals surface area contributed by atoms with Crippen LogP contribution in [0.5, 0.6) is 0 Å². The molecule has 206 valence electrons. The SMILES string of the molecule is CN(C)C(=O)CNc1ncccc1-c1ncc2[nH]c(=O)n(Cc3ccc(-c4nc(C(F)(F)F)cn4C)cc3)c2n1. The summed E-state index contributed by atoms with van der Waals surface area (Å²) in [6.45, 7) is 0.180. The molecule has 0 spiro atoms. The number of imidazole rings is 2. The van der Waals surface area contributed by atoms with Crippen LogP contribution in [-0.4, -0.2) is 65.5 Å². The molecule has 0 radical (unpaired) electrons. The molecule has 4 aromatic heterocycles. The van der Waals surface area contributed by atoms with E-state index in [2.05, 4.69) is 30.2 Å². The number of aryl methyl sites for hydroxylation is 1. The zero-order valence-corrected chi connectivity index (χ0v) is 21.7. The van der Waals surface area contributed by atoms with Gasteiger partial charge < -0.3 is 19.8 Å². The van der Waals surface area contributed by atoms with Crippen LogP contribution in [0.2, 0.25) is 0 Å². The summed E-state index contributed by atoms with van der Waals surface area (Å²) < 4.78 is 41.9. The van der Waals surface area contributed by atoms with Crippen molar-refractivity contribution in [3.8, 4) is 22.8 Å². The third-order valence-corrected chi connectivity index (χ3v) is 6.19. The quantitative estimate of drug-likeness (QED) is 0.318. The summed E-state index contributed by atoms with van der Waals surface area (Å²) in [6, 6.07) is 10.2. The van der Waals surface area contributed by atoms with Gasteiger partial charge in [0, 0.05) is 39.1 Å². The van der Waals surface area contributed by atoms with E-state index in [1.165, 1.54) is 27.3 Å². The predicted molar refractivity (Wildman–Crippen MR) is 141 cm³/mol. The summed E-state index contributed by atoms with van der Waals surface area (Å²) in [5, 5.41) is 3.01. The Morgan fingerprint density at radius 2 is 1.85 bits per heavy atom. The highest BCUT2D eigenvalue weighted by Gasteiger charge is 2.34. The average Bonchev–Trinajstić information content (AvgIpc) is 3.47. The average molecular weight is 552 g/mol. The van der Waals surface area contributed by atoms with Crippen LogP contribution < -0.4 is 11.0 Å². The molecule has 0 aliphatic rings. The molecule has 0 saturated heterocycles. The van der Waals surface area contributed by atoms with Gasteiger partial charge in [0.25, 0.3) is 0 Å². The number of nitrogens with one attached hydrogen (secondary N) is 2. The van der Waals surface area contributed by atoms with Crippen LogP contribution in [0.1, 0.15) is 11.3 Å². The van der Waals surface area contributed by atoms with Gasteiger partial charge in [0.05, 0.1) is 24.8 Å². The fourth-order valence-electron chi connectivity index (χ4n) is 4.08. The molecule has 11 nitrogen and oxygen atoms in total. The number of carbonyl (C=O) groups is 1. The van der Waals surface area contributed by atoms with Crippen molar-refractivity contribution in [3.63, 3.8) is 0 Å². The number of fused-ring (bicyclic) bond motifs is 1. The van der Waals surface area contributed by atoms with Crippen molar-refractivity contribution in [1.82, 2.24) is 39.0 Å². The van der Waals surface area contributed by atoms with Crippen LogP contribution in [0.4, 0.5) is 19.0 Å². The Kier molecular flexibility index (Phi) is 6.83. The highest BCUT2D eigenvalue weighted by atomic mass is 19.4. The number of hydrogen-bond acceptors (Lipinski definition) is 7. The Morgan fingerprint density at radius 1 is 1.10 bits per heavy atom. The van der Waals surface area contributed by atoms with Gasteiger partial charge >= 0.3 is 11.9 Å². The first-order valence-corrected chi connectivity index (χ1v) is 12.1. The maximum Gasteiger partial charge on any atom is 0.434 e. The number of alkyl halides is 3. The van der Waals surface area contributed by atoms with Crippen molar-refractivity contribution in [2.24, 2.45) is 7.05 Å². The number of nitrogens with zero attached hydrogens (tertiary/aromatic N) is 7. The molecule has 0 aliphatic heterocycles. The van der Waals surface area contributed by atoms with Crippen molar-refractivity contribution in [2.45, 2.75) is 12.7 Å². The zero-order valence-electron chi connectivity index (χ0n) is 21.7.